The molecule has 1 aromatic rings. The lowest BCUT2D eigenvalue weighted by Crippen LogP contribution is -3.28. The predicted octanol–water partition coefficient (Wildman–Crippen LogP) is -1.29. The molecule has 2 saturated heterocycles. The average molecular weight is 391 g/mol. The number of carbonyl (C=O) groups is 2. The molecule has 28 heavy (non-hydrogen) atoms. The Kier molecular flexibility index (Phi) is 7.68. The fraction of sp³-hybridized carbons (Fsp3) is 0.619. The van der Waals surface area contributed by atoms with E-state index in [0.29, 0.717) is 26.2 Å². The molecule has 154 valence electrons. The van der Waals surface area contributed by atoms with Crippen LogP contribution in [0.3, 0.4) is 0 Å². The van der Waals surface area contributed by atoms with Crippen LogP contribution in [-0.4, -0.2) is 75.4 Å². The molecule has 0 unspecified atom stereocenters. The lowest BCUT2D eigenvalue weighted by atomic mass is 10.1. The van der Waals surface area contributed by atoms with Crippen LogP contribution in [0.2, 0.25) is 0 Å². The second kappa shape index (κ2) is 10.4. The maximum atomic E-state index is 12.4. The summed E-state index contributed by atoms with van der Waals surface area (Å²) in [5, 5.41) is 3.16. The van der Waals surface area contributed by atoms with E-state index in [0.717, 1.165) is 45.6 Å². The Balaban J connectivity index is 1.32. The highest BCUT2D eigenvalue weighted by Gasteiger charge is 2.28. The molecule has 0 atom stereocenters. The van der Waals surface area contributed by atoms with Gasteiger partial charge in [-0.15, -0.1) is 0 Å². The SMILES string of the molecule is CCOC(=O)N1CCC(NC(=O)C[NH+]2CC[NH+](Cc3ccccc3)CC2)CC1. The number of piperazine rings is 1. The zero-order valence-corrected chi connectivity index (χ0v) is 16.9. The second-order valence-electron chi connectivity index (χ2n) is 7.87. The number of hydrogen-bond acceptors (Lipinski definition) is 3. The summed E-state index contributed by atoms with van der Waals surface area (Å²) >= 11 is 0. The van der Waals surface area contributed by atoms with E-state index in [9.17, 15) is 9.59 Å². The van der Waals surface area contributed by atoms with Crippen molar-refractivity contribution in [3.8, 4) is 0 Å². The first kappa shape index (κ1) is 20.6. The van der Waals surface area contributed by atoms with Crippen LogP contribution in [0.15, 0.2) is 30.3 Å². The number of benzene rings is 1. The van der Waals surface area contributed by atoms with E-state index < -0.39 is 0 Å². The molecule has 2 heterocycles. The van der Waals surface area contributed by atoms with Gasteiger partial charge in [-0.05, 0) is 19.8 Å². The summed E-state index contributed by atoms with van der Waals surface area (Å²) in [6.07, 6.45) is 1.36. The first-order valence-corrected chi connectivity index (χ1v) is 10.6. The van der Waals surface area contributed by atoms with Crippen molar-refractivity contribution in [3.05, 3.63) is 35.9 Å². The van der Waals surface area contributed by atoms with Crippen LogP contribution in [0, 0.1) is 0 Å². The number of nitrogens with one attached hydrogen (secondary N) is 3. The summed E-state index contributed by atoms with van der Waals surface area (Å²) in [5.74, 6) is 0.135. The average Bonchev–Trinajstić information content (AvgIpc) is 2.71. The van der Waals surface area contributed by atoms with Crippen LogP contribution >= 0.6 is 0 Å². The van der Waals surface area contributed by atoms with Crippen LogP contribution in [0.4, 0.5) is 4.79 Å². The maximum absolute atomic E-state index is 12.4. The summed E-state index contributed by atoms with van der Waals surface area (Å²) in [7, 11) is 0. The predicted molar refractivity (Wildman–Crippen MR) is 106 cm³/mol. The van der Waals surface area contributed by atoms with Crippen molar-refractivity contribution < 1.29 is 24.1 Å². The molecule has 7 nitrogen and oxygen atoms in total. The summed E-state index contributed by atoms with van der Waals surface area (Å²) in [6, 6.07) is 10.8. The first-order valence-electron chi connectivity index (χ1n) is 10.6. The minimum Gasteiger partial charge on any atom is -0.450 e. The number of hydrogen-bond donors (Lipinski definition) is 3. The molecular formula is C21H34N4O3+2. The van der Waals surface area contributed by atoms with Crippen molar-refractivity contribution >= 4 is 12.0 Å². The van der Waals surface area contributed by atoms with Crippen LogP contribution in [-0.2, 0) is 16.1 Å². The van der Waals surface area contributed by atoms with Gasteiger partial charge < -0.3 is 24.8 Å². The molecule has 2 aliphatic heterocycles. The van der Waals surface area contributed by atoms with Gasteiger partial charge in [0.25, 0.3) is 5.91 Å². The topological polar surface area (TPSA) is 67.5 Å². The molecule has 2 amide bonds. The van der Waals surface area contributed by atoms with Crippen molar-refractivity contribution in [2.24, 2.45) is 0 Å². The molecule has 7 heteroatoms. The van der Waals surface area contributed by atoms with Gasteiger partial charge >= 0.3 is 6.09 Å². The Hall–Kier alpha value is -2.12. The largest absolute Gasteiger partial charge is 0.450 e. The van der Waals surface area contributed by atoms with Gasteiger partial charge in [0.2, 0.25) is 0 Å². The van der Waals surface area contributed by atoms with Crippen molar-refractivity contribution in [3.63, 3.8) is 0 Å². The van der Waals surface area contributed by atoms with Crippen molar-refractivity contribution in [2.75, 3.05) is 52.4 Å². The van der Waals surface area contributed by atoms with E-state index in [1.807, 2.05) is 6.92 Å². The Morgan fingerprint density at radius 1 is 1.07 bits per heavy atom. The fourth-order valence-electron chi connectivity index (χ4n) is 4.12. The Morgan fingerprint density at radius 3 is 2.36 bits per heavy atom. The molecule has 0 spiro atoms. The number of ether oxygens (including phenoxy) is 1. The van der Waals surface area contributed by atoms with Crippen molar-refractivity contribution in [2.45, 2.75) is 32.4 Å². The third kappa shape index (κ3) is 6.21. The second-order valence-corrected chi connectivity index (χ2v) is 7.87. The minimum atomic E-state index is -0.243. The molecule has 1 aromatic carbocycles. The summed E-state index contributed by atoms with van der Waals surface area (Å²) in [4.78, 5) is 28.9. The molecule has 0 bridgehead atoms. The standard InChI is InChI=1S/C21H32N4O3/c1-2-28-21(27)25-10-8-19(9-11-25)22-20(26)17-24-14-12-23(13-15-24)16-18-6-4-3-5-7-18/h3-7,19H,2,8-17H2,1H3,(H,22,26)/p+2. The van der Waals surface area contributed by atoms with E-state index in [-0.39, 0.29) is 18.0 Å². The fourth-order valence-corrected chi connectivity index (χ4v) is 4.12. The normalized spacial score (nSPS) is 23.2. The highest BCUT2D eigenvalue weighted by molar-refractivity contribution is 5.77. The molecule has 0 aromatic heterocycles. The zero-order chi connectivity index (χ0) is 19.8. The van der Waals surface area contributed by atoms with Gasteiger partial charge in [0.15, 0.2) is 6.54 Å². The highest BCUT2D eigenvalue weighted by atomic mass is 16.6. The third-order valence-corrected chi connectivity index (χ3v) is 5.76. The van der Waals surface area contributed by atoms with E-state index in [1.165, 1.54) is 10.5 Å². The molecule has 0 saturated carbocycles. The van der Waals surface area contributed by atoms with Crippen molar-refractivity contribution in [1.29, 1.82) is 0 Å². The number of rotatable bonds is 6. The van der Waals surface area contributed by atoms with E-state index in [2.05, 4.69) is 35.6 Å². The number of piperidine rings is 1. The number of nitrogens with zero attached hydrogens (tertiary/aromatic N) is 1. The molecule has 0 radical (unpaired) electrons. The molecule has 3 N–H and O–H groups in total. The monoisotopic (exact) mass is 390 g/mol. The molecule has 2 aliphatic rings. The van der Waals surface area contributed by atoms with Crippen LogP contribution in [0.1, 0.15) is 25.3 Å². The zero-order valence-electron chi connectivity index (χ0n) is 16.9. The summed E-state index contributed by atoms with van der Waals surface area (Å²) in [6.45, 7) is 9.43. The van der Waals surface area contributed by atoms with Gasteiger partial charge in [0, 0.05) is 24.7 Å². The first-order chi connectivity index (χ1) is 13.6. The number of amides is 2. The van der Waals surface area contributed by atoms with Crippen LogP contribution in [0.5, 0.6) is 0 Å². The van der Waals surface area contributed by atoms with Crippen LogP contribution < -0.4 is 15.1 Å². The summed E-state index contributed by atoms with van der Waals surface area (Å²) < 4.78 is 5.04. The lowest BCUT2D eigenvalue weighted by Gasteiger charge is -2.32. The Labute approximate surface area is 167 Å². The number of quaternary nitrogens is 2. The van der Waals surface area contributed by atoms with Gasteiger partial charge in [0.1, 0.15) is 32.7 Å². The van der Waals surface area contributed by atoms with Crippen LogP contribution in [0.25, 0.3) is 0 Å². The highest BCUT2D eigenvalue weighted by Crippen LogP contribution is 2.11. The van der Waals surface area contributed by atoms with E-state index in [1.54, 1.807) is 9.80 Å². The van der Waals surface area contributed by atoms with Gasteiger partial charge in [-0.2, -0.15) is 0 Å². The molecular weight excluding hydrogens is 356 g/mol. The lowest BCUT2D eigenvalue weighted by molar-refractivity contribution is -1.02. The Morgan fingerprint density at radius 2 is 1.71 bits per heavy atom. The number of likely N-dealkylation sites (tertiary alicyclic amines) is 1. The van der Waals surface area contributed by atoms with E-state index >= 15 is 0 Å². The summed E-state index contributed by atoms with van der Waals surface area (Å²) in [5.41, 5.74) is 1.38. The third-order valence-electron chi connectivity index (χ3n) is 5.76. The minimum absolute atomic E-state index is 0.135. The van der Waals surface area contributed by atoms with Gasteiger partial charge in [-0.1, -0.05) is 30.3 Å². The maximum Gasteiger partial charge on any atom is 0.409 e. The smallest absolute Gasteiger partial charge is 0.409 e. The van der Waals surface area contributed by atoms with Crippen molar-refractivity contribution in [1.82, 2.24) is 10.2 Å². The van der Waals surface area contributed by atoms with Gasteiger partial charge in [-0.3, -0.25) is 4.79 Å². The molecule has 0 aliphatic carbocycles. The number of carbonyl (C=O) groups excluding carboxylic acids is 2. The van der Waals surface area contributed by atoms with E-state index in [4.69, 9.17) is 4.74 Å². The molecule has 3 rings (SSSR count). The van der Waals surface area contributed by atoms with Gasteiger partial charge in [-0.25, -0.2) is 4.79 Å². The quantitative estimate of drug-likeness (QED) is 0.566. The molecule has 2 fully saturated rings. The Bertz CT molecular complexity index is 624. The van der Waals surface area contributed by atoms with Gasteiger partial charge in [0.05, 0.1) is 6.61 Å².